The predicted molar refractivity (Wildman–Crippen MR) is 68.9 cm³/mol. The number of nitrogens with one attached hydrogen (secondary N) is 1. The second-order valence-electron chi connectivity index (χ2n) is 5.35. The van der Waals surface area contributed by atoms with E-state index < -0.39 is 0 Å². The van der Waals surface area contributed by atoms with Gasteiger partial charge >= 0.3 is 0 Å². The molecule has 0 heterocycles. The number of benzene rings is 1. The minimum Gasteiger partial charge on any atom is -0.383 e. The van der Waals surface area contributed by atoms with Crippen molar-refractivity contribution in [3.63, 3.8) is 0 Å². The Morgan fingerprint density at radius 1 is 1.20 bits per heavy atom. The summed E-state index contributed by atoms with van der Waals surface area (Å²) in [5.74, 6) is 0. The average molecular weight is 226 g/mol. The highest BCUT2D eigenvalue weighted by molar-refractivity contribution is 6.33. The molecule has 1 aromatic carbocycles. The summed E-state index contributed by atoms with van der Waals surface area (Å²) in [6.07, 6.45) is 0. The molecule has 1 nitrogen and oxygen atoms in total. The minimum atomic E-state index is 0.265. The van der Waals surface area contributed by atoms with Crippen LogP contribution in [0.2, 0.25) is 5.02 Å². The topological polar surface area (TPSA) is 12.0 Å². The molecule has 0 aliphatic heterocycles. The lowest BCUT2D eigenvalue weighted by Crippen LogP contribution is -2.19. The summed E-state index contributed by atoms with van der Waals surface area (Å²) in [6, 6.07) is 4.15. The Kier molecular flexibility index (Phi) is 3.67. The maximum absolute atomic E-state index is 6.20. The molecule has 0 radical (unpaired) electrons. The zero-order chi connectivity index (χ0) is 11.6. The highest BCUT2D eigenvalue weighted by atomic mass is 35.5. The van der Waals surface area contributed by atoms with Crippen LogP contribution in [0.15, 0.2) is 12.1 Å². The summed E-state index contributed by atoms with van der Waals surface area (Å²) < 4.78 is 0. The van der Waals surface area contributed by atoms with Crippen molar-refractivity contribution in [2.24, 2.45) is 5.41 Å². The Morgan fingerprint density at radius 3 is 2.27 bits per heavy atom. The molecule has 0 unspecified atom stereocenters. The van der Waals surface area contributed by atoms with E-state index in [4.69, 9.17) is 11.6 Å². The zero-order valence-electron chi connectivity index (χ0n) is 10.2. The first-order valence-corrected chi connectivity index (χ1v) is 5.68. The van der Waals surface area contributed by atoms with E-state index in [9.17, 15) is 0 Å². The fourth-order valence-electron chi connectivity index (χ4n) is 1.49. The van der Waals surface area contributed by atoms with Gasteiger partial charge in [-0.05, 0) is 36.5 Å². The van der Waals surface area contributed by atoms with E-state index >= 15 is 0 Å². The molecule has 0 aliphatic carbocycles. The summed E-state index contributed by atoms with van der Waals surface area (Å²) in [7, 11) is 0. The van der Waals surface area contributed by atoms with Gasteiger partial charge in [-0.3, -0.25) is 0 Å². The van der Waals surface area contributed by atoms with Crippen molar-refractivity contribution in [2.75, 3.05) is 11.9 Å². The van der Waals surface area contributed by atoms with Gasteiger partial charge in [-0.2, -0.15) is 0 Å². The van der Waals surface area contributed by atoms with Crippen molar-refractivity contribution in [1.82, 2.24) is 0 Å². The van der Waals surface area contributed by atoms with Gasteiger partial charge < -0.3 is 5.32 Å². The number of halogens is 1. The molecule has 1 aromatic rings. The van der Waals surface area contributed by atoms with Gasteiger partial charge in [-0.25, -0.2) is 0 Å². The second-order valence-corrected chi connectivity index (χ2v) is 5.76. The van der Waals surface area contributed by atoms with Gasteiger partial charge in [0.25, 0.3) is 0 Å². The average Bonchev–Trinajstić information content (AvgIpc) is 1.99. The molecule has 0 bridgehead atoms. The molecule has 84 valence electrons. The van der Waals surface area contributed by atoms with Crippen LogP contribution in [0.4, 0.5) is 5.69 Å². The maximum atomic E-state index is 6.20. The molecule has 1 rings (SSSR count). The standard InChI is InChI=1S/C13H20ClN/c1-9-6-10(2)12(11(14)7-9)15-8-13(3,4)5/h6-7,15H,8H2,1-5H3. The van der Waals surface area contributed by atoms with Gasteiger partial charge in [0.15, 0.2) is 0 Å². The fraction of sp³-hybridized carbons (Fsp3) is 0.538. The molecular formula is C13H20ClN. The van der Waals surface area contributed by atoms with Crippen LogP contribution in [0.1, 0.15) is 31.9 Å². The number of anilines is 1. The summed E-state index contributed by atoms with van der Waals surface area (Å²) in [5, 5.41) is 4.23. The molecular weight excluding hydrogens is 206 g/mol. The van der Waals surface area contributed by atoms with Gasteiger partial charge in [-0.15, -0.1) is 0 Å². The van der Waals surface area contributed by atoms with Crippen LogP contribution < -0.4 is 5.32 Å². The first kappa shape index (κ1) is 12.4. The van der Waals surface area contributed by atoms with Gasteiger partial charge in [0.05, 0.1) is 10.7 Å². The van der Waals surface area contributed by atoms with E-state index in [-0.39, 0.29) is 5.41 Å². The number of rotatable bonds is 2. The van der Waals surface area contributed by atoms with E-state index in [1.807, 2.05) is 6.07 Å². The number of hydrogen-bond donors (Lipinski definition) is 1. The van der Waals surface area contributed by atoms with E-state index in [0.717, 1.165) is 17.3 Å². The quantitative estimate of drug-likeness (QED) is 0.786. The number of aryl methyl sites for hydroxylation is 2. The molecule has 0 saturated carbocycles. The third kappa shape index (κ3) is 3.75. The Morgan fingerprint density at radius 2 is 1.80 bits per heavy atom. The summed E-state index contributed by atoms with van der Waals surface area (Å²) in [6.45, 7) is 11.7. The first-order valence-electron chi connectivity index (χ1n) is 5.30. The van der Waals surface area contributed by atoms with Crippen LogP contribution in [0.5, 0.6) is 0 Å². The van der Waals surface area contributed by atoms with Crippen molar-refractivity contribution >= 4 is 17.3 Å². The lowest BCUT2D eigenvalue weighted by Gasteiger charge is -2.21. The van der Waals surface area contributed by atoms with Gasteiger partial charge in [-0.1, -0.05) is 38.4 Å². The molecule has 0 fully saturated rings. The van der Waals surface area contributed by atoms with Crippen LogP contribution in [0, 0.1) is 19.3 Å². The molecule has 0 aromatic heterocycles. The monoisotopic (exact) mass is 225 g/mol. The van der Waals surface area contributed by atoms with Crippen molar-refractivity contribution in [2.45, 2.75) is 34.6 Å². The van der Waals surface area contributed by atoms with Gasteiger partial charge in [0.1, 0.15) is 0 Å². The Bertz CT molecular complexity index is 327. The highest BCUT2D eigenvalue weighted by Crippen LogP contribution is 2.28. The molecule has 0 saturated heterocycles. The first-order chi connectivity index (χ1) is 6.79. The smallest absolute Gasteiger partial charge is 0.0642 e. The van der Waals surface area contributed by atoms with Gasteiger partial charge in [0.2, 0.25) is 0 Å². The van der Waals surface area contributed by atoms with Gasteiger partial charge in [0, 0.05) is 6.54 Å². The molecule has 15 heavy (non-hydrogen) atoms. The molecule has 2 heteroatoms. The molecule has 0 aliphatic rings. The van der Waals surface area contributed by atoms with Crippen LogP contribution in [-0.4, -0.2) is 6.54 Å². The third-order valence-corrected chi connectivity index (χ3v) is 2.53. The van der Waals surface area contributed by atoms with E-state index in [1.165, 1.54) is 11.1 Å². The second kappa shape index (κ2) is 4.44. The van der Waals surface area contributed by atoms with E-state index in [2.05, 4.69) is 46.0 Å². The van der Waals surface area contributed by atoms with E-state index in [1.54, 1.807) is 0 Å². The highest BCUT2D eigenvalue weighted by Gasteiger charge is 2.12. The normalized spacial score (nSPS) is 11.6. The Labute approximate surface area is 97.8 Å². The minimum absolute atomic E-state index is 0.265. The van der Waals surface area contributed by atoms with Crippen molar-refractivity contribution < 1.29 is 0 Å². The van der Waals surface area contributed by atoms with Crippen LogP contribution >= 0.6 is 11.6 Å². The maximum Gasteiger partial charge on any atom is 0.0642 e. The van der Waals surface area contributed by atoms with Crippen molar-refractivity contribution in [1.29, 1.82) is 0 Å². The van der Waals surface area contributed by atoms with Crippen molar-refractivity contribution in [3.05, 3.63) is 28.3 Å². The summed E-state index contributed by atoms with van der Waals surface area (Å²) in [5.41, 5.74) is 3.75. The van der Waals surface area contributed by atoms with Crippen LogP contribution in [0.25, 0.3) is 0 Å². The number of hydrogen-bond acceptors (Lipinski definition) is 1. The molecule has 0 atom stereocenters. The summed E-state index contributed by atoms with van der Waals surface area (Å²) in [4.78, 5) is 0. The van der Waals surface area contributed by atoms with Crippen molar-refractivity contribution in [3.8, 4) is 0 Å². The third-order valence-electron chi connectivity index (χ3n) is 2.23. The predicted octanol–water partition coefficient (Wildman–Crippen LogP) is 4.41. The van der Waals surface area contributed by atoms with Crippen LogP contribution in [0.3, 0.4) is 0 Å². The largest absolute Gasteiger partial charge is 0.383 e. The Balaban J connectivity index is 2.86. The zero-order valence-corrected chi connectivity index (χ0v) is 11.0. The molecule has 0 spiro atoms. The lowest BCUT2D eigenvalue weighted by molar-refractivity contribution is 0.443. The fourth-order valence-corrected chi connectivity index (χ4v) is 1.88. The lowest BCUT2D eigenvalue weighted by atomic mass is 9.96. The SMILES string of the molecule is Cc1cc(C)c(NCC(C)(C)C)c(Cl)c1. The van der Waals surface area contributed by atoms with E-state index in [0.29, 0.717) is 0 Å². The Hall–Kier alpha value is -0.690. The van der Waals surface area contributed by atoms with Crippen LogP contribution in [-0.2, 0) is 0 Å². The molecule has 0 amide bonds. The molecule has 1 N–H and O–H groups in total. The summed E-state index contributed by atoms with van der Waals surface area (Å²) >= 11 is 6.20.